The number of aryl methyl sites for hydroxylation is 2. The van der Waals surface area contributed by atoms with Gasteiger partial charge in [-0.3, -0.25) is 0 Å². The van der Waals surface area contributed by atoms with Crippen LogP contribution in [0.25, 0.3) is 0 Å². The average molecular weight is 388 g/mol. The Kier molecular flexibility index (Phi) is 6.11. The summed E-state index contributed by atoms with van der Waals surface area (Å²) in [5, 5.41) is 3.59. The van der Waals surface area contributed by atoms with Crippen LogP contribution in [0.4, 0.5) is 10.5 Å². The van der Waals surface area contributed by atoms with Crippen molar-refractivity contribution >= 4 is 23.3 Å². The van der Waals surface area contributed by atoms with Crippen molar-refractivity contribution < 1.29 is 9.53 Å². The number of halogens is 1. The quantitative estimate of drug-likeness (QED) is 0.802. The Morgan fingerprint density at radius 2 is 1.78 bits per heavy atom. The molecule has 1 saturated heterocycles. The number of anilines is 1. The molecule has 0 aliphatic carbocycles. The van der Waals surface area contributed by atoms with E-state index in [-0.39, 0.29) is 12.8 Å². The monoisotopic (exact) mass is 387 g/mol. The van der Waals surface area contributed by atoms with Crippen molar-refractivity contribution in [2.75, 3.05) is 37.8 Å². The largest absolute Gasteiger partial charge is 0.473 e. The van der Waals surface area contributed by atoms with Gasteiger partial charge in [0.15, 0.2) is 6.73 Å². The van der Waals surface area contributed by atoms with E-state index in [2.05, 4.69) is 23.2 Å². The van der Waals surface area contributed by atoms with Crippen LogP contribution in [0.1, 0.15) is 16.7 Å². The van der Waals surface area contributed by atoms with Crippen LogP contribution in [0.3, 0.4) is 0 Å². The fourth-order valence-corrected chi connectivity index (χ4v) is 3.45. The van der Waals surface area contributed by atoms with Crippen LogP contribution in [0, 0.1) is 20.8 Å². The number of urea groups is 1. The summed E-state index contributed by atoms with van der Waals surface area (Å²) < 4.78 is 5.83. The molecule has 5 nitrogen and oxygen atoms in total. The number of nitrogens with zero attached hydrogens (tertiary/aromatic N) is 2. The topological polar surface area (TPSA) is 44.8 Å². The van der Waals surface area contributed by atoms with Crippen LogP contribution < -0.4 is 15.0 Å². The second-order valence-corrected chi connectivity index (χ2v) is 7.31. The number of hydrogen-bond acceptors (Lipinski definition) is 3. The molecule has 0 bridgehead atoms. The van der Waals surface area contributed by atoms with E-state index < -0.39 is 0 Å². The molecule has 1 heterocycles. The minimum atomic E-state index is -0.0938. The summed E-state index contributed by atoms with van der Waals surface area (Å²) in [6.07, 6.45) is 0. The van der Waals surface area contributed by atoms with E-state index in [9.17, 15) is 4.79 Å². The number of nitrogens with one attached hydrogen (secondary N) is 1. The SMILES string of the molecule is Cc1ccc(C)c(OCNC(=O)N2CCN(c3cccc(Cl)c3)CC2)c1C. The lowest BCUT2D eigenvalue weighted by molar-refractivity contribution is 0.181. The van der Waals surface area contributed by atoms with Gasteiger partial charge in [0.2, 0.25) is 0 Å². The van der Waals surface area contributed by atoms with E-state index >= 15 is 0 Å². The Morgan fingerprint density at radius 3 is 2.48 bits per heavy atom. The number of ether oxygens (including phenoxy) is 1. The minimum absolute atomic E-state index is 0.0938. The van der Waals surface area contributed by atoms with Gasteiger partial charge in [0, 0.05) is 36.9 Å². The highest BCUT2D eigenvalue weighted by Gasteiger charge is 2.21. The molecular formula is C21H26ClN3O2. The number of carbonyl (C=O) groups excluding carboxylic acids is 1. The Morgan fingerprint density at radius 1 is 1.07 bits per heavy atom. The Bertz CT molecular complexity index is 817. The molecule has 6 heteroatoms. The molecule has 1 N–H and O–H groups in total. The van der Waals surface area contributed by atoms with Gasteiger partial charge in [-0.05, 0) is 55.7 Å². The maximum Gasteiger partial charge on any atom is 0.320 e. The first-order chi connectivity index (χ1) is 13.0. The van der Waals surface area contributed by atoms with E-state index in [4.69, 9.17) is 16.3 Å². The van der Waals surface area contributed by atoms with Gasteiger partial charge in [0.25, 0.3) is 0 Å². The molecule has 0 radical (unpaired) electrons. The van der Waals surface area contributed by atoms with Crippen LogP contribution in [0.2, 0.25) is 5.02 Å². The van der Waals surface area contributed by atoms with Gasteiger partial charge < -0.3 is 19.9 Å². The third-order valence-corrected chi connectivity index (χ3v) is 5.29. The zero-order chi connectivity index (χ0) is 19.4. The third kappa shape index (κ3) is 4.66. The molecule has 1 aliphatic heterocycles. The minimum Gasteiger partial charge on any atom is -0.473 e. The third-order valence-electron chi connectivity index (χ3n) is 5.05. The Labute approximate surface area is 165 Å². The maximum absolute atomic E-state index is 12.4. The lowest BCUT2D eigenvalue weighted by Crippen LogP contribution is -2.52. The van der Waals surface area contributed by atoms with Gasteiger partial charge >= 0.3 is 6.03 Å². The van der Waals surface area contributed by atoms with Crippen LogP contribution >= 0.6 is 11.6 Å². The number of hydrogen-bond donors (Lipinski definition) is 1. The van der Waals surface area contributed by atoms with Gasteiger partial charge in [-0.1, -0.05) is 29.8 Å². The molecule has 1 fully saturated rings. The summed E-state index contributed by atoms with van der Waals surface area (Å²) in [5.74, 6) is 0.848. The van der Waals surface area contributed by atoms with Crippen LogP contribution in [0.5, 0.6) is 5.75 Å². The van der Waals surface area contributed by atoms with E-state index in [1.54, 1.807) is 0 Å². The van der Waals surface area contributed by atoms with Crippen LogP contribution in [-0.2, 0) is 0 Å². The smallest absolute Gasteiger partial charge is 0.320 e. The molecule has 144 valence electrons. The predicted octanol–water partition coefficient (Wildman–Crippen LogP) is 4.13. The molecule has 2 aromatic rings. The van der Waals surface area contributed by atoms with E-state index in [0.717, 1.165) is 40.7 Å². The van der Waals surface area contributed by atoms with Crippen molar-refractivity contribution in [2.24, 2.45) is 0 Å². The number of carbonyl (C=O) groups is 1. The summed E-state index contributed by atoms with van der Waals surface area (Å²) in [6, 6.07) is 11.8. The first-order valence-electron chi connectivity index (χ1n) is 9.18. The molecule has 27 heavy (non-hydrogen) atoms. The first kappa shape index (κ1) is 19.4. The summed E-state index contributed by atoms with van der Waals surface area (Å²) >= 11 is 6.07. The predicted molar refractivity (Wildman–Crippen MR) is 110 cm³/mol. The highest BCUT2D eigenvalue weighted by molar-refractivity contribution is 6.30. The maximum atomic E-state index is 12.4. The van der Waals surface area contributed by atoms with Crippen molar-refractivity contribution in [3.05, 3.63) is 58.1 Å². The molecule has 0 atom stereocenters. The molecule has 0 aromatic heterocycles. The van der Waals surface area contributed by atoms with Crippen molar-refractivity contribution in [3.63, 3.8) is 0 Å². The summed E-state index contributed by atoms with van der Waals surface area (Å²) in [5.41, 5.74) is 4.46. The number of benzene rings is 2. The van der Waals surface area contributed by atoms with E-state index in [1.165, 1.54) is 5.56 Å². The summed E-state index contributed by atoms with van der Waals surface area (Å²) in [7, 11) is 0. The van der Waals surface area contributed by atoms with Gasteiger partial charge in [0.05, 0.1) is 0 Å². The highest BCUT2D eigenvalue weighted by Crippen LogP contribution is 2.25. The number of rotatable bonds is 4. The average Bonchev–Trinajstić information content (AvgIpc) is 2.67. The lowest BCUT2D eigenvalue weighted by Gasteiger charge is -2.36. The summed E-state index contributed by atoms with van der Waals surface area (Å²) in [4.78, 5) is 16.5. The molecule has 2 aromatic carbocycles. The van der Waals surface area contributed by atoms with Gasteiger partial charge in [-0.2, -0.15) is 0 Å². The molecule has 2 amide bonds. The number of piperazine rings is 1. The second kappa shape index (κ2) is 8.53. The zero-order valence-electron chi connectivity index (χ0n) is 16.1. The molecule has 3 rings (SSSR count). The Balaban J connectivity index is 1.48. The van der Waals surface area contributed by atoms with E-state index in [0.29, 0.717) is 13.1 Å². The zero-order valence-corrected chi connectivity index (χ0v) is 16.8. The fourth-order valence-electron chi connectivity index (χ4n) is 3.27. The molecule has 0 saturated carbocycles. The molecular weight excluding hydrogens is 362 g/mol. The molecule has 0 spiro atoms. The Hall–Kier alpha value is -2.40. The van der Waals surface area contributed by atoms with Crippen LogP contribution in [0.15, 0.2) is 36.4 Å². The van der Waals surface area contributed by atoms with Crippen molar-refractivity contribution in [2.45, 2.75) is 20.8 Å². The summed E-state index contributed by atoms with van der Waals surface area (Å²) in [6.45, 7) is 9.17. The van der Waals surface area contributed by atoms with Crippen LogP contribution in [-0.4, -0.2) is 43.8 Å². The van der Waals surface area contributed by atoms with E-state index in [1.807, 2.05) is 49.1 Å². The standard InChI is InChI=1S/C21H26ClN3O2/c1-15-7-8-16(2)20(17(15)3)27-14-23-21(26)25-11-9-24(10-12-25)19-6-4-5-18(22)13-19/h4-8,13H,9-12,14H2,1-3H3,(H,23,26). The second-order valence-electron chi connectivity index (χ2n) is 6.88. The van der Waals surface area contributed by atoms with Gasteiger partial charge in [-0.15, -0.1) is 0 Å². The van der Waals surface area contributed by atoms with Gasteiger partial charge in [-0.25, -0.2) is 4.79 Å². The van der Waals surface area contributed by atoms with Crippen molar-refractivity contribution in [3.8, 4) is 5.75 Å². The lowest BCUT2D eigenvalue weighted by atomic mass is 10.1. The van der Waals surface area contributed by atoms with Gasteiger partial charge in [0.1, 0.15) is 5.75 Å². The number of amides is 2. The highest BCUT2D eigenvalue weighted by atomic mass is 35.5. The molecule has 1 aliphatic rings. The normalized spacial score (nSPS) is 14.2. The van der Waals surface area contributed by atoms with Crippen molar-refractivity contribution in [1.82, 2.24) is 10.2 Å². The first-order valence-corrected chi connectivity index (χ1v) is 9.56. The molecule has 0 unspecified atom stereocenters. The van der Waals surface area contributed by atoms with Crippen molar-refractivity contribution in [1.29, 1.82) is 0 Å². The fraction of sp³-hybridized carbons (Fsp3) is 0.381.